The number of benzene rings is 3. The number of nitrogens with zero attached hydrogens (tertiary/aromatic N) is 1. The molecule has 0 heterocycles. The van der Waals surface area contributed by atoms with Crippen molar-refractivity contribution in [1.29, 1.82) is 0 Å². The molecule has 1 N–H and O–H groups in total. The van der Waals surface area contributed by atoms with Crippen LogP contribution in [0.4, 0.5) is 4.39 Å². The van der Waals surface area contributed by atoms with E-state index in [1.165, 1.54) is 12.1 Å². The summed E-state index contributed by atoms with van der Waals surface area (Å²) in [4.78, 5) is 14.4. The smallest absolute Gasteiger partial charge is 0.253 e. The number of carbonyl (C=O) groups is 1. The lowest BCUT2D eigenvalue weighted by molar-refractivity contribution is 0.0722. The van der Waals surface area contributed by atoms with E-state index in [9.17, 15) is 14.3 Å². The Kier molecular flexibility index (Phi) is 5.64. The topological polar surface area (TPSA) is 40.5 Å². The number of carbonyl (C=O) groups excluding carboxylic acids is 1. The van der Waals surface area contributed by atoms with Crippen LogP contribution in [0.3, 0.4) is 0 Å². The maximum atomic E-state index is 13.2. The minimum atomic E-state index is -0.262. The van der Waals surface area contributed by atoms with Gasteiger partial charge in [-0.05, 0) is 52.6 Å². The van der Waals surface area contributed by atoms with Gasteiger partial charge in [0.1, 0.15) is 5.82 Å². The summed E-state index contributed by atoms with van der Waals surface area (Å²) in [6.45, 7) is 2.91. The van der Waals surface area contributed by atoms with Crippen molar-refractivity contribution in [3.63, 3.8) is 0 Å². The Hall–Kier alpha value is -2.72. The predicted octanol–water partition coefficient (Wildman–Crippen LogP) is 4.49. The van der Waals surface area contributed by atoms with Crippen molar-refractivity contribution in [3.05, 3.63) is 72.0 Å². The summed E-state index contributed by atoms with van der Waals surface area (Å²) in [5.41, 5.74) is 2.54. The Morgan fingerprint density at radius 1 is 1.04 bits per heavy atom. The molecule has 3 aromatic carbocycles. The first-order valence-electron chi connectivity index (χ1n) is 8.83. The van der Waals surface area contributed by atoms with Crippen LogP contribution in [0.1, 0.15) is 23.7 Å². The van der Waals surface area contributed by atoms with Gasteiger partial charge in [0.05, 0.1) is 6.61 Å². The average Bonchev–Trinajstić information content (AvgIpc) is 2.67. The Labute approximate surface area is 152 Å². The van der Waals surface area contributed by atoms with Gasteiger partial charge in [-0.25, -0.2) is 4.39 Å². The third-order valence-electron chi connectivity index (χ3n) is 4.43. The van der Waals surface area contributed by atoms with Crippen LogP contribution in [0.2, 0.25) is 0 Å². The van der Waals surface area contributed by atoms with Gasteiger partial charge in [0.25, 0.3) is 5.91 Å². The second kappa shape index (κ2) is 8.11. The zero-order valence-corrected chi connectivity index (χ0v) is 14.8. The minimum absolute atomic E-state index is 0.0476. The van der Waals surface area contributed by atoms with Crippen molar-refractivity contribution in [3.8, 4) is 11.1 Å². The molecule has 0 aromatic heterocycles. The SMILES string of the molecule is CCCN(CCO)C(=O)c1ccc2c(-c3ccc(F)cc3)cccc2c1. The first-order valence-corrected chi connectivity index (χ1v) is 8.83. The van der Waals surface area contributed by atoms with E-state index in [-0.39, 0.29) is 18.3 Å². The molecule has 0 aliphatic rings. The van der Waals surface area contributed by atoms with Crippen molar-refractivity contribution in [2.24, 2.45) is 0 Å². The van der Waals surface area contributed by atoms with Crippen molar-refractivity contribution in [2.75, 3.05) is 19.7 Å². The van der Waals surface area contributed by atoms with Gasteiger partial charge in [-0.2, -0.15) is 0 Å². The van der Waals surface area contributed by atoms with Gasteiger partial charge in [-0.3, -0.25) is 4.79 Å². The minimum Gasteiger partial charge on any atom is -0.395 e. The normalized spacial score (nSPS) is 10.9. The number of aliphatic hydroxyl groups excluding tert-OH is 1. The van der Waals surface area contributed by atoms with Gasteiger partial charge in [-0.1, -0.05) is 43.3 Å². The fourth-order valence-corrected chi connectivity index (χ4v) is 3.19. The molecule has 3 aromatic rings. The highest BCUT2D eigenvalue weighted by Crippen LogP contribution is 2.29. The monoisotopic (exact) mass is 351 g/mol. The molecule has 26 heavy (non-hydrogen) atoms. The molecular weight excluding hydrogens is 329 g/mol. The summed E-state index contributed by atoms with van der Waals surface area (Å²) in [7, 11) is 0. The average molecular weight is 351 g/mol. The van der Waals surface area contributed by atoms with Crippen molar-refractivity contribution < 1.29 is 14.3 Å². The Morgan fingerprint density at radius 3 is 2.50 bits per heavy atom. The van der Waals surface area contributed by atoms with Crippen LogP contribution < -0.4 is 0 Å². The number of rotatable bonds is 6. The quantitative estimate of drug-likeness (QED) is 0.711. The summed E-state index contributed by atoms with van der Waals surface area (Å²) >= 11 is 0. The van der Waals surface area contributed by atoms with E-state index in [0.717, 1.165) is 28.3 Å². The Morgan fingerprint density at radius 2 is 1.81 bits per heavy atom. The van der Waals surface area contributed by atoms with Crippen LogP contribution in [-0.4, -0.2) is 35.6 Å². The maximum Gasteiger partial charge on any atom is 0.253 e. The highest BCUT2D eigenvalue weighted by molar-refractivity contribution is 6.02. The number of hydrogen-bond acceptors (Lipinski definition) is 2. The molecule has 0 unspecified atom stereocenters. The fraction of sp³-hybridized carbons (Fsp3) is 0.227. The molecule has 0 spiro atoms. The molecule has 4 heteroatoms. The van der Waals surface area contributed by atoms with Gasteiger partial charge >= 0.3 is 0 Å². The second-order valence-corrected chi connectivity index (χ2v) is 6.26. The molecule has 0 saturated carbocycles. The second-order valence-electron chi connectivity index (χ2n) is 6.26. The fourth-order valence-electron chi connectivity index (χ4n) is 3.19. The van der Waals surface area contributed by atoms with E-state index < -0.39 is 0 Å². The number of halogens is 1. The molecule has 3 nitrogen and oxygen atoms in total. The first kappa shape index (κ1) is 18.1. The number of amides is 1. The largest absolute Gasteiger partial charge is 0.395 e. The number of hydrogen-bond donors (Lipinski definition) is 1. The third kappa shape index (κ3) is 3.75. The molecule has 0 atom stereocenters. The van der Waals surface area contributed by atoms with Gasteiger partial charge in [0, 0.05) is 18.7 Å². The zero-order chi connectivity index (χ0) is 18.5. The Bertz CT molecular complexity index is 900. The molecule has 0 aliphatic heterocycles. The molecule has 3 rings (SSSR count). The first-order chi connectivity index (χ1) is 12.6. The lowest BCUT2D eigenvalue weighted by Gasteiger charge is -2.21. The van der Waals surface area contributed by atoms with E-state index >= 15 is 0 Å². The van der Waals surface area contributed by atoms with Crippen LogP contribution in [-0.2, 0) is 0 Å². The van der Waals surface area contributed by atoms with E-state index in [1.807, 2.05) is 43.3 Å². The molecule has 0 radical (unpaired) electrons. The van der Waals surface area contributed by atoms with Crippen LogP contribution in [0.25, 0.3) is 21.9 Å². The molecule has 1 amide bonds. The summed E-state index contributed by atoms with van der Waals surface area (Å²) < 4.78 is 13.2. The summed E-state index contributed by atoms with van der Waals surface area (Å²) in [5.74, 6) is -0.336. The van der Waals surface area contributed by atoms with Crippen molar-refractivity contribution in [1.82, 2.24) is 4.90 Å². The molecule has 134 valence electrons. The highest BCUT2D eigenvalue weighted by Gasteiger charge is 2.15. The summed E-state index contributed by atoms with van der Waals surface area (Å²) in [6, 6.07) is 17.9. The van der Waals surface area contributed by atoms with Crippen molar-refractivity contribution in [2.45, 2.75) is 13.3 Å². The molecule has 0 fully saturated rings. The number of aliphatic hydroxyl groups is 1. The van der Waals surface area contributed by atoms with Gasteiger partial charge in [0.15, 0.2) is 0 Å². The van der Waals surface area contributed by atoms with Crippen molar-refractivity contribution >= 4 is 16.7 Å². The molecule has 0 aliphatic carbocycles. The standard InChI is InChI=1S/C22H22FNO2/c1-2-12-24(13-14-25)22(26)18-8-11-21-17(15-18)4-3-5-20(21)16-6-9-19(23)10-7-16/h3-11,15,25H,2,12-14H2,1H3. The van der Waals surface area contributed by atoms with Crippen LogP contribution in [0.5, 0.6) is 0 Å². The molecule has 0 bridgehead atoms. The lowest BCUT2D eigenvalue weighted by Crippen LogP contribution is -2.34. The van der Waals surface area contributed by atoms with E-state index in [2.05, 4.69) is 0 Å². The van der Waals surface area contributed by atoms with E-state index in [0.29, 0.717) is 18.7 Å². The van der Waals surface area contributed by atoms with Gasteiger partial charge in [-0.15, -0.1) is 0 Å². The van der Waals surface area contributed by atoms with Crippen LogP contribution in [0.15, 0.2) is 60.7 Å². The van der Waals surface area contributed by atoms with E-state index in [4.69, 9.17) is 0 Å². The highest BCUT2D eigenvalue weighted by atomic mass is 19.1. The van der Waals surface area contributed by atoms with Crippen LogP contribution in [0, 0.1) is 5.82 Å². The number of fused-ring (bicyclic) bond motifs is 1. The Balaban J connectivity index is 1.99. The summed E-state index contributed by atoms with van der Waals surface area (Å²) in [6.07, 6.45) is 0.841. The predicted molar refractivity (Wildman–Crippen MR) is 103 cm³/mol. The molecular formula is C22H22FNO2. The summed E-state index contributed by atoms with van der Waals surface area (Å²) in [5, 5.41) is 11.2. The van der Waals surface area contributed by atoms with E-state index in [1.54, 1.807) is 17.0 Å². The third-order valence-corrected chi connectivity index (χ3v) is 4.43. The van der Waals surface area contributed by atoms with Gasteiger partial charge in [0.2, 0.25) is 0 Å². The molecule has 0 saturated heterocycles. The lowest BCUT2D eigenvalue weighted by atomic mass is 9.96. The zero-order valence-electron chi connectivity index (χ0n) is 14.8. The maximum absolute atomic E-state index is 13.2. The van der Waals surface area contributed by atoms with Gasteiger partial charge < -0.3 is 10.0 Å². The van der Waals surface area contributed by atoms with Crippen LogP contribution >= 0.6 is 0 Å².